The first-order valence-electron chi connectivity index (χ1n) is 9.01. The molecule has 0 saturated heterocycles. The van der Waals surface area contributed by atoms with E-state index in [0.717, 1.165) is 17.5 Å². The van der Waals surface area contributed by atoms with E-state index in [-0.39, 0.29) is 11.8 Å². The number of fused-ring (bicyclic) bond motifs is 1. The van der Waals surface area contributed by atoms with Gasteiger partial charge in [-0.05, 0) is 49.7 Å². The molecule has 28 heavy (non-hydrogen) atoms. The van der Waals surface area contributed by atoms with Gasteiger partial charge < -0.3 is 4.90 Å². The molecule has 0 aliphatic carbocycles. The number of sulfonamides is 1. The van der Waals surface area contributed by atoms with Crippen molar-refractivity contribution in [3.63, 3.8) is 0 Å². The fourth-order valence-corrected chi connectivity index (χ4v) is 3.79. The maximum atomic E-state index is 12.7. The molecule has 0 radical (unpaired) electrons. The average molecular weight is 401 g/mol. The van der Waals surface area contributed by atoms with Crippen LogP contribution in [0.2, 0.25) is 0 Å². The molecule has 0 spiro atoms. The Bertz CT molecular complexity index is 998. The highest BCUT2D eigenvalue weighted by Gasteiger charge is 2.36. The maximum absolute atomic E-state index is 12.7. The van der Waals surface area contributed by atoms with Gasteiger partial charge in [-0.3, -0.25) is 9.59 Å². The zero-order valence-electron chi connectivity index (χ0n) is 16.1. The second-order valence-corrected chi connectivity index (χ2v) is 8.54. The van der Waals surface area contributed by atoms with Crippen molar-refractivity contribution in [1.82, 2.24) is 4.72 Å². The van der Waals surface area contributed by atoms with E-state index in [1.54, 1.807) is 30.3 Å². The van der Waals surface area contributed by atoms with Crippen LogP contribution in [0.25, 0.3) is 0 Å². The molecule has 0 bridgehead atoms. The highest BCUT2D eigenvalue weighted by atomic mass is 32.2. The van der Waals surface area contributed by atoms with Gasteiger partial charge in [-0.2, -0.15) is 0 Å². The number of benzene rings is 2. The number of rotatable bonds is 7. The van der Waals surface area contributed by atoms with Crippen LogP contribution in [0.5, 0.6) is 0 Å². The summed E-state index contributed by atoms with van der Waals surface area (Å²) in [6.45, 7) is 5.33. The van der Waals surface area contributed by atoms with Crippen LogP contribution in [-0.2, 0) is 10.0 Å². The standard InChI is InChI=1S/C20H23N3O4S/c1-4-22(12-11-21-28(3,26)27)15-9-10-18(14(2)13-15)23-19(24)16-7-5-6-8-17(16)20(23)25/h5-10,13,21H,4,11-12H2,1-3H3. The number of nitrogens with zero attached hydrogens (tertiary/aromatic N) is 2. The van der Waals surface area contributed by atoms with Crippen molar-refractivity contribution in [3.05, 3.63) is 59.2 Å². The number of imide groups is 1. The van der Waals surface area contributed by atoms with Gasteiger partial charge >= 0.3 is 0 Å². The molecule has 1 N–H and O–H groups in total. The summed E-state index contributed by atoms with van der Waals surface area (Å²) in [6, 6.07) is 12.3. The lowest BCUT2D eigenvalue weighted by molar-refractivity contribution is 0.0926. The molecule has 2 aromatic rings. The van der Waals surface area contributed by atoms with Gasteiger partial charge in [-0.25, -0.2) is 18.0 Å². The molecule has 3 rings (SSSR count). The Balaban J connectivity index is 1.83. The summed E-state index contributed by atoms with van der Waals surface area (Å²) < 4.78 is 25.0. The molecule has 0 unspecified atom stereocenters. The number of nitrogens with one attached hydrogen (secondary N) is 1. The molecule has 0 fully saturated rings. The van der Waals surface area contributed by atoms with Gasteiger partial charge in [0.1, 0.15) is 0 Å². The second-order valence-electron chi connectivity index (χ2n) is 6.71. The Hall–Kier alpha value is -2.71. The van der Waals surface area contributed by atoms with Gasteiger partial charge in [0.15, 0.2) is 0 Å². The quantitative estimate of drug-likeness (QED) is 0.719. The molecule has 0 aromatic heterocycles. The fourth-order valence-electron chi connectivity index (χ4n) is 3.33. The van der Waals surface area contributed by atoms with E-state index in [4.69, 9.17) is 0 Å². The van der Waals surface area contributed by atoms with E-state index in [0.29, 0.717) is 36.4 Å². The molecule has 2 amide bonds. The minimum atomic E-state index is -3.23. The van der Waals surface area contributed by atoms with Crippen molar-refractivity contribution in [1.29, 1.82) is 0 Å². The monoisotopic (exact) mass is 401 g/mol. The molecule has 1 aliphatic heterocycles. The smallest absolute Gasteiger partial charge is 0.266 e. The third-order valence-electron chi connectivity index (χ3n) is 4.71. The molecule has 2 aromatic carbocycles. The summed E-state index contributed by atoms with van der Waals surface area (Å²) in [7, 11) is -3.23. The Morgan fingerprint density at radius 2 is 1.64 bits per heavy atom. The Labute approximate surface area is 165 Å². The van der Waals surface area contributed by atoms with Gasteiger partial charge in [-0.15, -0.1) is 0 Å². The second kappa shape index (κ2) is 7.73. The molecule has 1 heterocycles. The lowest BCUT2D eigenvalue weighted by Crippen LogP contribution is -2.34. The zero-order valence-corrected chi connectivity index (χ0v) is 16.9. The summed E-state index contributed by atoms with van der Waals surface area (Å²) in [5, 5.41) is 0. The zero-order chi connectivity index (χ0) is 20.5. The average Bonchev–Trinajstić information content (AvgIpc) is 2.89. The predicted molar refractivity (Wildman–Crippen MR) is 109 cm³/mol. The van der Waals surface area contributed by atoms with Gasteiger partial charge in [-0.1, -0.05) is 12.1 Å². The number of likely N-dealkylation sites (N-methyl/N-ethyl adjacent to an activating group) is 1. The van der Waals surface area contributed by atoms with Crippen LogP contribution in [0.15, 0.2) is 42.5 Å². The number of aryl methyl sites for hydroxylation is 1. The summed E-state index contributed by atoms with van der Waals surface area (Å²) >= 11 is 0. The van der Waals surface area contributed by atoms with E-state index in [2.05, 4.69) is 4.72 Å². The Morgan fingerprint density at radius 1 is 1.04 bits per heavy atom. The highest BCUT2D eigenvalue weighted by molar-refractivity contribution is 7.88. The largest absolute Gasteiger partial charge is 0.370 e. The van der Waals surface area contributed by atoms with Crippen LogP contribution in [0.3, 0.4) is 0 Å². The van der Waals surface area contributed by atoms with Crippen molar-refractivity contribution < 1.29 is 18.0 Å². The number of carbonyl (C=O) groups excluding carboxylic acids is 2. The first-order chi connectivity index (χ1) is 13.2. The maximum Gasteiger partial charge on any atom is 0.266 e. The van der Waals surface area contributed by atoms with E-state index in [9.17, 15) is 18.0 Å². The Morgan fingerprint density at radius 3 is 2.14 bits per heavy atom. The predicted octanol–water partition coefficient (Wildman–Crippen LogP) is 2.17. The number of carbonyl (C=O) groups is 2. The van der Waals surface area contributed by atoms with Crippen molar-refractivity contribution in [2.45, 2.75) is 13.8 Å². The first kappa shape index (κ1) is 20.0. The van der Waals surface area contributed by atoms with Crippen LogP contribution < -0.4 is 14.5 Å². The molecule has 8 heteroatoms. The number of amides is 2. The molecular formula is C20H23N3O4S. The lowest BCUT2D eigenvalue weighted by Gasteiger charge is -2.25. The van der Waals surface area contributed by atoms with Gasteiger partial charge in [0.25, 0.3) is 11.8 Å². The van der Waals surface area contributed by atoms with Crippen molar-refractivity contribution in [2.24, 2.45) is 0 Å². The fraction of sp³-hybridized carbons (Fsp3) is 0.300. The van der Waals surface area contributed by atoms with Gasteiger partial charge in [0.2, 0.25) is 10.0 Å². The van der Waals surface area contributed by atoms with E-state index < -0.39 is 10.0 Å². The van der Waals surface area contributed by atoms with Gasteiger partial charge in [0, 0.05) is 25.3 Å². The van der Waals surface area contributed by atoms with Gasteiger partial charge in [0.05, 0.1) is 23.1 Å². The number of hydrogen-bond acceptors (Lipinski definition) is 5. The number of hydrogen-bond donors (Lipinski definition) is 1. The summed E-state index contributed by atoms with van der Waals surface area (Å²) in [4.78, 5) is 28.6. The van der Waals surface area contributed by atoms with Crippen molar-refractivity contribution >= 4 is 33.2 Å². The molecule has 148 valence electrons. The minimum Gasteiger partial charge on any atom is -0.370 e. The summed E-state index contributed by atoms with van der Waals surface area (Å²) in [6.07, 6.45) is 1.13. The van der Waals surface area contributed by atoms with Crippen LogP contribution in [0, 0.1) is 6.92 Å². The van der Waals surface area contributed by atoms with Crippen LogP contribution in [0.1, 0.15) is 33.2 Å². The first-order valence-corrected chi connectivity index (χ1v) is 10.9. The molecule has 0 atom stereocenters. The number of anilines is 2. The normalized spacial score (nSPS) is 13.8. The lowest BCUT2D eigenvalue weighted by atomic mass is 10.1. The Kier molecular flexibility index (Phi) is 5.53. The topological polar surface area (TPSA) is 86.8 Å². The molecule has 7 nitrogen and oxygen atoms in total. The van der Waals surface area contributed by atoms with Crippen LogP contribution in [-0.4, -0.2) is 46.1 Å². The van der Waals surface area contributed by atoms with Crippen molar-refractivity contribution in [2.75, 3.05) is 35.7 Å². The summed E-state index contributed by atoms with van der Waals surface area (Å²) in [5.41, 5.74) is 3.08. The minimum absolute atomic E-state index is 0.297. The third-order valence-corrected chi connectivity index (χ3v) is 5.44. The molecule has 0 saturated carbocycles. The van der Waals surface area contributed by atoms with E-state index in [1.165, 1.54) is 4.90 Å². The molecular weight excluding hydrogens is 378 g/mol. The SMILES string of the molecule is CCN(CCNS(C)(=O)=O)c1ccc(N2C(=O)c3ccccc3C2=O)c(C)c1. The van der Waals surface area contributed by atoms with Crippen molar-refractivity contribution in [3.8, 4) is 0 Å². The molecule has 1 aliphatic rings. The van der Waals surface area contributed by atoms with Crippen LogP contribution in [0.4, 0.5) is 11.4 Å². The highest BCUT2D eigenvalue weighted by Crippen LogP contribution is 2.32. The third kappa shape index (κ3) is 3.93. The summed E-state index contributed by atoms with van der Waals surface area (Å²) in [5.74, 6) is -0.637. The van der Waals surface area contributed by atoms with E-state index >= 15 is 0 Å². The van der Waals surface area contributed by atoms with E-state index in [1.807, 2.05) is 30.9 Å². The van der Waals surface area contributed by atoms with Crippen LogP contribution >= 0.6 is 0 Å².